The van der Waals surface area contributed by atoms with E-state index in [4.69, 9.17) is 4.74 Å². The van der Waals surface area contributed by atoms with Crippen LogP contribution < -0.4 is 4.74 Å². The highest BCUT2D eigenvalue weighted by molar-refractivity contribution is 5.31. The summed E-state index contributed by atoms with van der Waals surface area (Å²) in [5.41, 5.74) is 2.54. The predicted molar refractivity (Wildman–Crippen MR) is 82.5 cm³/mol. The Balaban J connectivity index is 1.97. The van der Waals surface area contributed by atoms with Crippen molar-refractivity contribution in [3.8, 4) is 11.5 Å². The smallest absolute Gasteiger partial charge is 0.119 e. The van der Waals surface area contributed by atoms with Gasteiger partial charge in [-0.1, -0.05) is 38.1 Å². The largest absolute Gasteiger partial charge is 0.508 e. The molecule has 1 N–H and O–H groups in total. The number of aromatic hydroxyl groups is 1. The minimum Gasteiger partial charge on any atom is -0.508 e. The SMILES string of the molecule is CCCOc1ccc(CC(C)c2ccc(O)cc2)cc1. The molecule has 2 aromatic rings. The normalized spacial score (nSPS) is 12.1. The van der Waals surface area contributed by atoms with Gasteiger partial charge in [0, 0.05) is 0 Å². The van der Waals surface area contributed by atoms with Crippen LogP contribution in [0.5, 0.6) is 11.5 Å². The number of hydrogen-bond acceptors (Lipinski definition) is 2. The average Bonchev–Trinajstić information content (AvgIpc) is 2.47. The number of phenolic OH excluding ortho intramolecular Hbond substituents is 1. The summed E-state index contributed by atoms with van der Waals surface area (Å²) in [5.74, 6) is 1.68. The third-order valence-corrected chi connectivity index (χ3v) is 3.40. The van der Waals surface area contributed by atoms with Crippen molar-refractivity contribution in [3.05, 3.63) is 59.7 Å². The van der Waals surface area contributed by atoms with Gasteiger partial charge in [0.25, 0.3) is 0 Å². The van der Waals surface area contributed by atoms with Gasteiger partial charge in [-0.25, -0.2) is 0 Å². The Bertz CT molecular complexity index is 514. The molecule has 2 rings (SSSR count). The average molecular weight is 270 g/mol. The molecule has 2 heteroatoms. The van der Waals surface area contributed by atoms with Gasteiger partial charge in [-0.2, -0.15) is 0 Å². The Morgan fingerprint density at radius 2 is 1.65 bits per heavy atom. The number of ether oxygens (including phenoxy) is 1. The third-order valence-electron chi connectivity index (χ3n) is 3.40. The molecule has 0 aliphatic heterocycles. The molecule has 0 saturated heterocycles. The van der Waals surface area contributed by atoms with Crippen LogP contribution in [-0.4, -0.2) is 11.7 Å². The Morgan fingerprint density at radius 3 is 2.25 bits per heavy atom. The van der Waals surface area contributed by atoms with Crippen molar-refractivity contribution in [3.63, 3.8) is 0 Å². The predicted octanol–water partition coefficient (Wildman–Crippen LogP) is 4.53. The highest BCUT2D eigenvalue weighted by atomic mass is 16.5. The van der Waals surface area contributed by atoms with Crippen molar-refractivity contribution in [2.24, 2.45) is 0 Å². The van der Waals surface area contributed by atoms with Crippen LogP contribution in [0.3, 0.4) is 0 Å². The zero-order valence-corrected chi connectivity index (χ0v) is 12.2. The summed E-state index contributed by atoms with van der Waals surface area (Å²) in [5, 5.41) is 9.32. The lowest BCUT2D eigenvalue weighted by Gasteiger charge is -2.13. The first kappa shape index (κ1) is 14.4. The van der Waals surface area contributed by atoms with E-state index in [1.165, 1.54) is 11.1 Å². The maximum atomic E-state index is 9.32. The summed E-state index contributed by atoms with van der Waals surface area (Å²) in [6.07, 6.45) is 2.01. The number of benzene rings is 2. The van der Waals surface area contributed by atoms with Crippen LogP contribution in [0.4, 0.5) is 0 Å². The zero-order valence-electron chi connectivity index (χ0n) is 12.2. The Hall–Kier alpha value is -1.96. The second-order valence-electron chi connectivity index (χ2n) is 5.19. The van der Waals surface area contributed by atoms with Gasteiger partial charge < -0.3 is 9.84 Å². The number of rotatable bonds is 6. The standard InChI is InChI=1S/C18H22O2/c1-3-12-20-18-10-4-15(5-11-18)13-14(2)16-6-8-17(19)9-7-16/h4-11,14,19H,3,12-13H2,1-2H3. The highest BCUT2D eigenvalue weighted by Crippen LogP contribution is 2.23. The minimum atomic E-state index is 0.318. The van der Waals surface area contributed by atoms with Crippen LogP contribution in [0.25, 0.3) is 0 Å². The molecule has 0 saturated carbocycles. The van der Waals surface area contributed by atoms with Crippen LogP contribution in [0.2, 0.25) is 0 Å². The van der Waals surface area contributed by atoms with Gasteiger partial charge in [0.2, 0.25) is 0 Å². The maximum absolute atomic E-state index is 9.32. The van der Waals surface area contributed by atoms with E-state index in [2.05, 4.69) is 26.0 Å². The van der Waals surface area contributed by atoms with Crippen LogP contribution in [-0.2, 0) is 6.42 Å². The fraction of sp³-hybridized carbons (Fsp3) is 0.333. The molecular formula is C18H22O2. The molecule has 0 aliphatic rings. The van der Waals surface area contributed by atoms with Crippen molar-refractivity contribution in [2.75, 3.05) is 6.61 Å². The summed E-state index contributed by atoms with van der Waals surface area (Å²) in [6.45, 7) is 5.07. The number of hydrogen-bond donors (Lipinski definition) is 1. The van der Waals surface area contributed by atoms with Crippen molar-refractivity contribution in [1.29, 1.82) is 0 Å². The van der Waals surface area contributed by atoms with Gasteiger partial charge in [-0.05, 0) is 54.2 Å². The van der Waals surface area contributed by atoms with E-state index >= 15 is 0 Å². The Labute approximate surface area is 121 Å². The first-order valence-electron chi connectivity index (χ1n) is 7.19. The van der Waals surface area contributed by atoms with Crippen LogP contribution in [0.1, 0.15) is 37.3 Å². The molecule has 0 radical (unpaired) electrons. The van der Waals surface area contributed by atoms with Gasteiger partial charge >= 0.3 is 0 Å². The van der Waals surface area contributed by atoms with Crippen LogP contribution in [0, 0.1) is 0 Å². The van der Waals surface area contributed by atoms with Crippen molar-refractivity contribution in [2.45, 2.75) is 32.6 Å². The molecule has 20 heavy (non-hydrogen) atoms. The van der Waals surface area contributed by atoms with Crippen LogP contribution >= 0.6 is 0 Å². The van der Waals surface area contributed by atoms with Gasteiger partial charge in [0.15, 0.2) is 0 Å². The quantitative estimate of drug-likeness (QED) is 0.835. The van der Waals surface area contributed by atoms with Gasteiger partial charge in [0.05, 0.1) is 6.61 Å². The lowest BCUT2D eigenvalue weighted by Crippen LogP contribution is -1.99. The molecule has 1 unspecified atom stereocenters. The molecule has 2 nitrogen and oxygen atoms in total. The van der Waals surface area contributed by atoms with E-state index in [1.807, 2.05) is 24.3 Å². The molecule has 0 bridgehead atoms. The van der Waals surface area contributed by atoms with Gasteiger partial charge in [-0.15, -0.1) is 0 Å². The van der Waals surface area contributed by atoms with E-state index in [1.54, 1.807) is 12.1 Å². The third kappa shape index (κ3) is 4.02. The first-order chi connectivity index (χ1) is 9.69. The number of phenols is 1. The fourth-order valence-corrected chi connectivity index (χ4v) is 2.22. The molecule has 1 atom stereocenters. The molecule has 0 heterocycles. The Morgan fingerprint density at radius 1 is 1.00 bits per heavy atom. The molecule has 0 aliphatic carbocycles. The molecular weight excluding hydrogens is 248 g/mol. The van der Waals surface area contributed by atoms with Crippen molar-refractivity contribution >= 4 is 0 Å². The summed E-state index contributed by atoms with van der Waals surface area (Å²) in [6, 6.07) is 15.8. The molecule has 0 amide bonds. The molecule has 0 aromatic heterocycles. The Kier molecular flexibility index (Phi) is 5.05. The van der Waals surface area contributed by atoms with E-state index in [9.17, 15) is 5.11 Å². The second-order valence-corrected chi connectivity index (χ2v) is 5.19. The van der Waals surface area contributed by atoms with Crippen molar-refractivity contribution < 1.29 is 9.84 Å². The lowest BCUT2D eigenvalue weighted by molar-refractivity contribution is 0.317. The van der Waals surface area contributed by atoms with Gasteiger partial charge in [-0.3, -0.25) is 0 Å². The highest BCUT2D eigenvalue weighted by Gasteiger charge is 2.07. The lowest BCUT2D eigenvalue weighted by atomic mass is 9.94. The molecule has 106 valence electrons. The zero-order chi connectivity index (χ0) is 14.4. The van der Waals surface area contributed by atoms with E-state index in [0.717, 1.165) is 25.2 Å². The monoisotopic (exact) mass is 270 g/mol. The summed E-state index contributed by atoms with van der Waals surface area (Å²) >= 11 is 0. The van der Waals surface area contributed by atoms with E-state index in [-0.39, 0.29) is 0 Å². The molecule has 2 aromatic carbocycles. The summed E-state index contributed by atoms with van der Waals surface area (Å²) < 4.78 is 5.59. The topological polar surface area (TPSA) is 29.5 Å². The van der Waals surface area contributed by atoms with Crippen molar-refractivity contribution in [1.82, 2.24) is 0 Å². The van der Waals surface area contributed by atoms with Gasteiger partial charge in [0.1, 0.15) is 11.5 Å². The van der Waals surface area contributed by atoms with E-state index in [0.29, 0.717) is 11.7 Å². The second kappa shape index (κ2) is 6.99. The maximum Gasteiger partial charge on any atom is 0.119 e. The molecule has 0 spiro atoms. The minimum absolute atomic E-state index is 0.318. The first-order valence-corrected chi connectivity index (χ1v) is 7.19. The van der Waals surface area contributed by atoms with Crippen LogP contribution in [0.15, 0.2) is 48.5 Å². The van der Waals surface area contributed by atoms with E-state index < -0.39 is 0 Å². The summed E-state index contributed by atoms with van der Waals surface area (Å²) in [7, 11) is 0. The molecule has 0 fully saturated rings. The summed E-state index contributed by atoms with van der Waals surface area (Å²) in [4.78, 5) is 0. The fourth-order valence-electron chi connectivity index (χ4n) is 2.22.